The molecule has 5 rings (SSSR count). The van der Waals surface area contributed by atoms with Crippen molar-refractivity contribution in [1.82, 2.24) is 0 Å². The lowest BCUT2D eigenvalue weighted by molar-refractivity contribution is -0.182. The Balaban J connectivity index is 1.36. The number of aryl methyl sites for hydroxylation is 1. The van der Waals surface area contributed by atoms with Crippen LogP contribution in [0.2, 0.25) is 0 Å². The first-order valence-electron chi connectivity index (χ1n) is 11.1. The molecule has 1 aromatic carbocycles. The van der Waals surface area contributed by atoms with Crippen LogP contribution in [-0.4, -0.2) is 34.1 Å². The predicted octanol–water partition coefficient (Wildman–Crippen LogP) is 4.19. The van der Waals surface area contributed by atoms with Gasteiger partial charge in [0.15, 0.2) is 5.78 Å². The Morgan fingerprint density at radius 3 is 2.74 bits per heavy atom. The number of ether oxygens (including phenoxy) is 1. The highest BCUT2D eigenvalue weighted by molar-refractivity contribution is 7.95. The molecule has 2 aromatic rings. The van der Waals surface area contributed by atoms with Crippen molar-refractivity contribution in [1.29, 1.82) is 4.78 Å². The maximum absolute atomic E-state index is 13.1. The van der Waals surface area contributed by atoms with Gasteiger partial charge in [-0.05, 0) is 78.3 Å². The highest BCUT2D eigenvalue weighted by Gasteiger charge is 2.40. The number of benzene rings is 1. The van der Waals surface area contributed by atoms with E-state index in [1.807, 2.05) is 0 Å². The number of fused-ring (bicyclic) bond motifs is 1. The number of hydrogen-bond acceptors (Lipinski definition) is 6. The molecular formula is C24H29NO4S2. The number of rotatable bonds is 8. The van der Waals surface area contributed by atoms with Crippen molar-refractivity contribution in [3.05, 3.63) is 51.4 Å². The van der Waals surface area contributed by atoms with Gasteiger partial charge in [0, 0.05) is 11.3 Å². The quantitative estimate of drug-likeness (QED) is 0.620. The van der Waals surface area contributed by atoms with Gasteiger partial charge in [-0.15, -0.1) is 11.3 Å². The molecule has 2 aliphatic carbocycles. The van der Waals surface area contributed by atoms with Crippen molar-refractivity contribution in [2.45, 2.75) is 61.2 Å². The zero-order chi connectivity index (χ0) is 21.8. The first-order chi connectivity index (χ1) is 14.8. The number of nitrogens with one attached hydrogen (secondary N) is 1. The fourth-order valence-corrected chi connectivity index (χ4v) is 7.74. The summed E-state index contributed by atoms with van der Waals surface area (Å²) in [5.74, 6) is 0.743. The molecule has 3 aliphatic rings. The molecule has 1 saturated carbocycles. The average molecular weight is 460 g/mol. The van der Waals surface area contributed by atoms with Crippen molar-refractivity contribution >= 4 is 26.8 Å². The van der Waals surface area contributed by atoms with Crippen LogP contribution >= 0.6 is 11.3 Å². The molecule has 5 nitrogen and oxygen atoms in total. The van der Waals surface area contributed by atoms with Crippen LogP contribution in [0.3, 0.4) is 0 Å². The van der Waals surface area contributed by atoms with Crippen molar-refractivity contribution in [2.75, 3.05) is 19.0 Å². The molecule has 1 aromatic heterocycles. The third kappa shape index (κ3) is 4.01. The highest BCUT2D eigenvalue weighted by atomic mass is 32.2. The second kappa shape index (κ2) is 7.80. The van der Waals surface area contributed by atoms with Crippen LogP contribution < -0.4 is 0 Å². The van der Waals surface area contributed by atoms with E-state index in [9.17, 15) is 14.1 Å². The van der Waals surface area contributed by atoms with Crippen molar-refractivity contribution in [3.63, 3.8) is 0 Å². The molecule has 0 spiro atoms. The first-order valence-corrected chi connectivity index (χ1v) is 13.6. The van der Waals surface area contributed by atoms with Gasteiger partial charge in [0.2, 0.25) is 0 Å². The van der Waals surface area contributed by atoms with Gasteiger partial charge in [-0.2, -0.15) is 0 Å². The number of aliphatic hydroxyl groups is 1. The molecule has 2 unspecified atom stereocenters. The number of carbonyl (C=O) groups is 1. The summed E-state index contributed by atoms with van der Waals surface area (Å²) in [4.78, 5) is 13.7. The van der Waals surface area contributed by atoms with E-state index in [1.165, 1.54) is 40.9 Å². The first kappa shape index (κ1) is 21.3. The van der Waals surface area contributed by atoms with E-state index >= 15 is 0 Å². The van der Waals surface area contributed by atoms with Gasteiger partial charge in [0.05, 0.1) is 28.7 Å². The fraction of sp³-hybridized carbons (Fsp3) is 0.542. The number of thiophene rings is 1. The van der Waals surface area contributed by atoms with Crippen LogP contribution in [-0.2, 0) is 44.1 Å². The van der Waals surface area contributed by atoms with Crippen LogP contribution in [0.4, 0.5) is 0 Å². The molecule has 0 bridgehead atoms. The van der Waals surface area contributed by atoms with E-state index < -0.39 is 15.3 Å². The van der Waals surface area contributed by atoms with Gasteiger partial charge in [-0.1, -0.05) is 19.1 Å². The average Bonchev–Trinajstić information content (AvgIpc) is 3.22. The number of hydrogen-bond donors (Lipinski definition) is 2. The van der Waals surface area contributed by atoms with Gasteiger partial charge in [0.1, 0.15) is 9.81 Å². The van der Waals surface area contributed by atoms with E-state index in [4.69, 9.17) is 9.52 Å². The largest absolute Gasteiger partial charge is 0.379 e. The lowest BCUT2D eigenvalue weighted by Crippen LogP contribution is -2.45. The van der Waals surface area contributed by atoms with E-state index in [-0.39, 0.29) is 31.2 Å². The Bertz CT molecular complexity index is 1130. The molecule has 1 aliphatic heterocycles. The van der Waals surface area contributed by atoms with Crippen LogP contribution in [0, 0.1) is 10.7 Å². The summed E-state index contributed by atoms with van der Waals surface area (Å²) in [6.45, 7) is 2.69. The lowest BCUT2D eigenvalue weighted by atomic mass is 9.86. The van der Waals surface area contributed by atoms with Gasteiger partial charge in [-0.25, -0.2) is 8.99 Å². The summed E-state index contributed by atoms with van der Waals surface area (Å²) in [5, 5.41) is 10.4. The SMILES string of the molecule is CC(c1ccc2c(c1CC(=O)CS(=N)(=O)c1ccc(C3(O)COC3)s1)CCC2)C1CC1. The van der Waals surface area contributed by atoms with E-state index in [2.05, 4.69) is 19.1 Å². The monoisotopic (exact) mass is 459 g/mol. The fourth-order valence-electron chi connectivity index (χ4n) is 4.98. The molecule has 2 N–H and O–H groups in total. The van der Waals surface area contributed by atoms with Crippen molar-refractivity contribution in [2.24, 2.45) is 5.92 Å². The van der Waals surface area contributed by atoms with E-state index in [0.717, 1.165) is 24.8 Å². The molecule has 2 heterocycles. The molecule has 2 atom stereocenters. The highest BCUT2D eigenvalue weighted by Crippen LogP contribution is 2.45. The molecule has 166 valence electrons. The second-order valence-corrected chi connectivity index (χ2v) is 12.8. The van der Waals surface area contributed by atoms with Gasteiger partial charge < -0.3 is 9.84 Å². The summed E-state index contributed by atoms with van der Waals surface area (Å²) < 4.78 is 27.0. The van der Waals surface area contributed by atoms with Crippen molar-refractivity contribution in [3.8, 4) is 0 Å². The van der Waals surface area contributed by atoms with Gasteiger partial charge >= 0.3 is 0 Å². The Labute approximate surface area is 187 Å². The Morgan fingerprint density at radius 2 is 2.06 bits per heavy atom. The number of Topliss-reactive ketones (excluding diaryl/α,β-unsaturated/α-hetero) is 1. The van der Waals surface area contributed by atoms with Gasteiger partial charge in [0.25, 0.3) is 0 Å². The summed E-state index contributed by atoms with van der Waals surface area (Å²) in [5.41, 5.74) is 4.04. The topological polar surface area (TPSA) is 87.5 Å². The lowest BCUT2D eigenvalue weighted by Gasteiger charge is -2.35. The van der Waals surface area contributed by atoms with Crippen LogP contribution in [0.5, 0.6) is 0 Å². The molecular weight excluding hydrogens is 430 g/mol. The maximum Gasteiger partial charge on any atom is 0.151 e. The second-order valence-electron chi connectivity index (χ2n) is 9.43. The molecule has 0 amide bonds. The maximum atomic E-state index is 13.1. The van der Waals surface area contributed by atoms with Crippen LogP contribution in [0.1, 0.15) is 59.2 Å². The minimum atomic E-state index is -3.24. The third-order valence-corrected chi connectivity index (χ3v) is 10.7. The normalized spacial score (nSPS) is 22.4. The molecule has 7 heteroatoms. The standard InChI is InChI=1S/C24H29NO4S2/c1-15(16-5-6-16)19-8-7-17-3-2-4-20(17)21(19)11-18(26)12-31(25,28)23-10-9-22(30-23)24(27)13-29-14-24/h7-10,15-16,25,27H,2-6,11-14H2,1H3. The minimum Gasteiger partial charge on any atom is -0.379 e. The Hall–Kier alpha value is -1.54. The van der Waals surface area contributed by atoms with Crippen LogP contribution in [0.25, 0.3) is 0 Å². The predicted molar refractivity (Wildman–Crippen MR) is 121 cm³/mol. The smallest absolute Gasteiger partial charge is 0.151 e. The summed E-state index contributed by atoms with van der Waals surface area (Å²) in [6.07, 6.45) is 5.97. The molecule has 0 radical (unpaired) electrons. The van der Waals surface area contributed by atoms with E-state index in [1.54, 1.807) is 12.1 Å². The zero-order valence-corrected chi connectivity index (χ0v) is 19.4. The van der Waals surface area contributed by atoms with Crippen molar-refractivity contribution < 1.29 is 18.8 Å². The number of ketones is 1. The number of carbonyl (C=O) groups excluding carboxylic acids is 1. The molecule has 2 fully saturated rings. The minimum absolute atomic E-state index is 0.134. The summed E-state index contributed by atoms with van der Waals surface area (Å²) in [7, 11) is -3.24. The van der Waals surface area contributed by atoms with Crippen LogP contribution in [0.15, 0.2) is 28.5 Å². The Morgan fingerprint density at radius 1 is 1.29 bits per heavy atom. The Kier molecular flexibility index (Phi) is 5.36. The molecule has 1 saturated heterocycles. The zero-order valence-electron chi connectivity index (χ0n) is 17.8. The third-order valence-electron chi connectivity index (χ3n) is 7.04. The molecule has 31 heavy (non-hydrogen) atoms. The van der Waals surface area contributed by atoms with E-state index in [0.29, 0.717) is 20.9 Å². The summed E-state index contributed by atoms with van der Waals surface area (Å²) in [6, 6.07) is 7.78. The summed E-state index contributed by atoms with van der Waals surface area (Å²) >= 11 is 1.17. The van der Waals surface area contributed by atoms with Gasteiger partial charge in [-0.3, -0.25) is 4.79 Å².